The maximum atomic E-state index is 12.3. The average molecular weight is 312 g/mol. The summed E-state index contributed by atoms with van der Waals surface area (Å²) in [5.41, 5.74) is 1.29. The Balaban J connectivity index is 1.62. The SMILES string of the molecule is CC(=O)Nc1ccc(NC(=O)[C@H]2COc3ccccc3O2)cc1. The minimum absolute atomic E-state index is 0.145. The van der Waals surface area contributed by atoms with Crippen LogP contribution in [0.25, 0.3) is 0 Å². The highest BCUT2D eigenvalue weighted by molar-refractivity contribution is 5.95. The first-order valence-corrected chi connectivity index (χ1v) is 7.19. The monoisotopic (exact) mass is 312 g/mol. The van der Waals surface area contributed by atoms with Crippen LogP contribution in [0.2, 0.25) is 0 Å². The van der Waals surface area contributed by atoms with Gasteiger partial charge in [0.05, 0.1) is 0 Å². The first kappa shape index (κ1) is 14.9. The van der Waals surface area contributed by atoms with Crippen molar-refractivity contribution in [3.63, 3.8) is 0 Å². The average Bonchev–Trinajstić information content (AvgIpc) is 2.55. The molecule has 6 heteroatoms. The van der Waals surface area contributed by atoms with Crippen molar-refractivity contribution in [2.24, 2.45) is 0 Å². The van der Waals surface area contributed by atoms with Gasteiger partial charge in [0, 0.05) is 18.3 Å². The Morgan fingerprint density at radius 2 is 1.57 bits per heavy atom. The number of rotatable bonds is 3. The van der Waals surface area contributed by atoms with E-state index in [4.69, 9.17) is 9.47 Å². The van der Waals surface area contributed by atoms with E-state index >= 15 is 0 Å². The fraction of sp³-hybridized carbons (Fsp3) is 0.176. The van der Waals surface area contributed by atoms with Gasteiger partial charge in [-0.1, -0.05) is 12.1 Å². The molecular formula is C17H16N2O4. The zero-order valence-electron chi connectivity index (χ0n) is 12.5. The predicted octanol–water partition coefficient (Wildman–Crippen LogP) is 2.42. The van der Waals surface area contributed by atoms with Crippen LogP contribution < -0.4 is 20.1 Å². The molecule has 2 aromatic carbocycles. The first-order chi connectivity index (χ1) is 11.1. The van der Waals surface area contributed by atoms with E-state index < -0.39 is 6.10 Å². The second kappa shape index (κ2) is 6.39. The van der Waals surface area contributed by atoms with Crippen LogP contribution in [0.5, 0.6) is 11.5 Å². The molecule has 0 aliphatic carbocycles. The molecule has 1 aliphatic rings. The number of benzene rings is 2. The maximum Gasteiger partial charge on any atom is 0.269 e. The van der Waals surface area contributed by atoms with E-state index in [0.717, 1.165) is 0 Å². The lowest BCUT2D eigenvalue weighted by Gasteiger charge is -2.25. The van der Waals surface area contributed by atoms with Crippen LogP contribution in [0, 0.1) is 0 Å². The number of anilines is 2. The predicted molar refractivity (Wildman–Crippen MR) is 85.7 cm³/mol. The van der Waals surface area contributed by atoms with Crippen LogP contribution in [0.1, 0.15) is 6.92 Å². The van der Waals surface area contributed by atoms with E-state index in [9.17, 15) is 9.59 Å². The van der Waals surface area contributed by atoms with Crippen molar-refractivity contribution < 1.29 is 19.1 Å². The van der Waals surface area contributed by atoms with Crippen LogP contribution in [0.15, 0.2) is 48.5 Å². The van der Waals surface area contributed by atoms with Gasteiger partial charge in [0.1, 0.15) is 6.61 Å². The molecule has 0 saturated carbocycles. The quantitative estimate of drug-likeness (QED) is 0.912. The van der Waals surface area contributed by atoms with Crippen molar-refractivity contribution in [2.45, 2.75) is 13.0 Å². The molecule has 0 radical (unpaired) electrons. The highest BCUT2D eigenvalue weighted by Crippen LogP contribution is 2.31. The van der Waals surface area contributed by atoms with E-state index in [-0.39, 0.29) is 18.4 Å². The third kappa shape index (κ3) is 3.60. The summed E-state index contributed by atoms with van der Waals surface area (Å²) < 4.78 is 11.2. The van der Waals surface area contributed by atoms with Crippen molar-refractivity contribution in [2.75, 3.05) is 17.2 Å². The van der Waals surface area contributed by atoms with Gasteiger partial charge < -0.3 is 20.1 Å². The van der Waals surface area contributed by atoms with Crippen LogP contribution >= 0.6 is 0 Å². The highest BCUT2D eigenvalue weighted by atomic mass is 16.6. The van der Waals surface area contributed by atoms with Crippen LogP contribution in [0.4, 0.5) is 11.4 Å². The fourth-order valence-electron chi connectivity index (χ4n) is 2.21. The van der Waals surface area contributed by atoms with Crippen LogP contribution in [-0.2, 0) is 9.59 Å². The Kier molecular flexibility index (Phi) is 4.14. The van der Waals surface area contributed by atoms with E-state index in [1.807, 2.05) is 12.1 Å². The minimum atomic E-state index is -0.708. The molecule has 0 spiro atoms. The topological polar surface area (TPSA) is 76.7 Å². The number of carbonyl (C=O) groups excluding carboxylic acids is 2. The lowest BCUT2D eigenvalue weighted by molar-refractivity contribution is -0.125. The Bertz CT molecular complexity index is 728. The molecule has 0 fully saturated rings. The molecule has 0 unspecified atom stereocenters. The summed E-state index contributed by atoms with van der Waals surface area (Å²) in [6.45, 7) is 1.60. The number of nitrogens with one attached hydrogen (secondary N) is 2. The summed E-state index contributed by atoms with van der Waals surface area (Å²) in [5.74, 6) is 0.760. The lowest BCUT2D eigenvalue weighted by atomic mass is 10.2. The fourth-order valence-corrected chi connectivity index (χ4v) is 2.21. The molecule has 1 aliphatic heterocycles. The van der Waals surface area contributed by atoms with E-state index in [0.29, 0.717) is 22.9 Å². The molecule has 1 heterocycles. The van der Waals surface area contributed by atoms with Gasteiger partial charge in [-0.2, -0.15) is 0 Å². The minimum Gasteiger partial charge on any atom is -0.485 e. The molecule has 2 amide bonds. The Labute approximate surface area is 133 Å². The number of ether oxygens (including phenoxy) is 2. The van der Waals surface area contributed by atoms with E-state index in [1.54, 1.807) is 36.4 Å². The second-order valence-electron chi connectivity index (χ2n) is 5.11. The first-order valence-electron chi connectivity index (χ1n) is 7.19. The van der Waals surface area contributed by atoms with Crippen molar-refractivity contribution in [1.82, 2.24) is 0 Å². The van der Waals surface area contributed by atoms with Crippen LogP contribution in [-0.4, -0.2) is 24.5 Å². The zero-order chi connectivity index (χ0) is 16.2. The third-order valence-corrected chi connectivity index (χ3v) is 3.27. The molecule has 0 aromatic heterocycles. The van der Waals surface area contributed by atoms with Gasteiger partial charge in [-0.05, 0) is 36.4 Å². The van der Waals surface area contributed by atoms with Crippen molar-refractivity contribution in [1.29, 1.82) is 0 Å². The number of hydrogen-bond donors (Lipinski definition) is 2. The van der Waals surface area contributed by atoms with Gasteiger partial charge in [-0.15, -0.1) is 0 Å². The Morgan fingerprint density at radius 1 is 0.957 bits per heavy atom. The van der Waals surface area contributed by atoms with Crippen molar-refractivity contribution in [3.05, 3.63) is 48.5 Å². The van der Waals surface area contributed by atoms with Crippen molar-refractivity contribution >= 4 is 23.2 Å². The molecule has 6 nitrogen and oxygen atoms in total. The van der Waals surface area contributed by atoms with Crippen molar-refractivity contribution in [3.8, 4) is 11.5 Å². The maximum absolute atomic E-state index is 12.3. The highest BCUT2D eigenvalue weighted by Gasteiger charge is 2.27. The summed E-state index contributed by atoms with van der Waals surface area (Å²) in [5, 5.41) is 5.43. The smallest absolute Gasteiger partial charge is 0.269 e. The second-order valence-corrected chi connectivity index (χ2v) is 5.11. The molecule has 0 saturated heterocycles. The summed E-state index contributed by atoms with van der Waals surface area (Å²) in [4.78, 5) is 23.2. The summed E-state index contributed by atoms with van der Waals surface area (Å²) in [6, 6.07) is 14.1. The lowest BCUT2D eigenvalue weighted by Crippen LogP contribution is -2.40. The van der Waals surface area contributed by atoms with Crippen LogP contribution in [0.3, 0.4) is 0 Å². The third-order valence-electron chi connectivity index (χ3n) is 3.27. The Morgan fingerprint density at radius 3 is 2.22 bits per heavy atom. The van der Waals surface area contributed by atoms with E-state index in [1.165, 1.54) is 6.92 Å². The molecule has 0 bridgehead atoms. The van der Waals surface area contributed by atoms with Gasteiger partial charge in [-0.25, -0.2) is 0 Å². The number of amides is 2. The molecule has 118 valence electrons. The zero-order valence-corrected chi connectivity index (χ0v) is 12.5. The normalized spacial score (nSPS) is 15.6. The summed E-state index contributed by atoms with van der Waals surface area (Å²) >= 11 is 0. The molecular weight excluding hydrogens is 296 g/mol. The largest absolute Gasteiger partial charge is 0.485 e. The molecule has 23 heavy (non-hydrogen) atoms. The van der Waals surface area contributed by atoms with E-state index in [2.05, 4.69) is 10.6 Å². The summed E-state index contributed by atoms with van der Waals surface area (Å²) in [7, 11) is 0. The van der Waals surface area contributed by atoms with Gasteiger partial charge in [0.25, 0.3) is 5.91 Å². The van der Waals surface area contributed by atoms with Gasteiger partial charge in [0.2, 0.25) is 12.0 Å². The standard InChI is InChI=1S/C17H16N2O4/c1-11(20)18-12-6-8-13(9-7-12)19-17(21)16-10-22-14-4-2-3-5-15(14)23-16/h2-9,16H,10H2,1H3,(H,18,20)(H,19,21)/t16-/m1/s1. The number of para-hydroxylation sites is 2. The summed E-state index contributed by atoms with van der Waals surface area (Å²) in [6.07, 6.45) is -0.708. The Hall–Kier alpha value is -3.02. The van der Waals surface area contributed by atoms with Gasteiger partial charge >= 0.3 is 0 Å². The van der Waals surface area contributed by atoms with Gasteiger partial charge in [0.15, 0.2) is 11.5 Å². The number of fused-ring (bicyclic) bond motifs is 1. The molecule has 3 rings (SSSR count). The molecule has 2 N–H and O–H groups in total. The number of hydrogen-bond acceptors (Lipinski definition) is 4. The number of carbonyl (C=O) groups is 2. The van der Waals surface area contributed by atoms with Gasteiger partial charge in [-0.3, -0.25) is 9.59 Å². The molecule has 2 aromatic rings. The molecule has 1 atom stereocenters.